The lowest BCUT2D eigenvalue weighted by atomic mass is 10.2. The van der Waals surface area contributed by atoms with Crippen molar-refractivity contribution in [3.05, 3.63) is 18.1 Å². The first-order valence-corrected chi connectivity index (χ1v) is 5.09. The van der Waals surface area contributed by atoms with Gasteiger partial charge in [0.05, 0.1) is 18.2 Å². The van der Waals surface area contributed by atoms with Gasteiger partial charge in [-0.3, -0.25) is 10.3 Å². The predicted molar refractivity (Wildman–Crippen MR) is 61.2 cm³/mol. The highest BCUT2D eigenvalue weighted by molar-refractivity contribution is 5.84. The molecule has 1 aromatic heterocycles. The SMILES string of the molecule is CC(C)(C)OC(=O)Nc1nccnc1CC#N. The number of nitrogens with one attached hydrogen (secondary N) is 1. The third kappa shape index (κ3) is 4.47. The van der Waals surface area contributed by atoms with Crippen molar-refractivity contribution in [1.82, 2.24) is 9.97 Å². The van der Waals surface area contributed by atoms with Crippen LogP contribution in [0.15, 0.2) is 12.4 Å². The van der Waals surface area contributed by atoms with Gasteiger partial charge in [0.2, 0.25) is 0 Å². The van der Waals surface area contributed by atoms with Crippen LogP contribution in [0, 0.1) is 11.3 Å². The first-order valence-electron chi connectivity index (χ1n) is 5.09. The lowest BCUT2D eigenvalue weighted by Crippen LogP contribution is -2.28. The summed E-state index contributed by atoms with van der Waals surface area (Å²) in [6, 6.07) is 1.95. The van der Waals surface area contributed by atoms with Crippen LogP contribution in [0.5, 0.6) is 0 Å². The predicted octanol–water partition coefficient (Wildman–Crippen LogP) is 1.89. The Labute approximate surface area is 99.6 Å². The zero-order valence-electron chi connectivity index (χ0n) is 10.0. The molecular weight excluding hydrogens is 220 g/mol. The van der Waals surface area contributed by atoms with E-state index < -0.39 is 11.7 Å². The van der Waals surface area contributed by atoms with Gasteiger partial charge in [-0.25, -0.2) is 9.78 Å². The minimum Gasteiger partial charge on any atom is -0.444 e. The summed E-state index contributed by atoms with van der Waals surface area (Å²) in [6.07, 6.45) is 2.37. The molecule has 17 heavy (non-hydrogen) atoms. The number of rotatable bonds is 2. The van der Waals surface area contributed by atoms with Gasteiger partial charge in [0.1, 0.15) is 5.60 Å². The monoisotopic (exact) mass is 234 g/mol. The molecule has 0 atom stereocenters. The van der Waals surface area contributed by atoms with Crippen molar-refractivity contribution < 1.29 is 9.53 Å². The molecule has 0 saturated carbocycles. The Morgan fingerprint density at radius 1 is 1.47 bits per heavy atom. The van der Waals surface area contributed by atoms with Crippen molar-refractivity contribution in [2.24, 2.45) is 0 Å². The minimum atomic E-state index is -0.614. The van der Waals surface area contributed by atoms with E-state index in [1.165, 1.54) is 12.4 Å². The third-order valence-corrected chi connectivity index (χ3v) is 1.64. The summed E-state index contributed by atoms with van der Waals surface area (Å²) >= 11 is 0. The second-order valence-corrected chi connectivity index (χ2v) is 4.31. The van der Waals surface area contributed by atoms with Crippen molar-refractivity contribution in [1.29, 1.82) is 5.26 Å². The molecule has 1 heterocycles. The van der Waals surface area contributed by atoms with Gasteiger partial charge in [0.15, 0.2) is 5.82 Å². The summed E-state index contributed by atoms with van der Waals surface area (Å²) in [5.74, 6) is 0.253. The Kier molecular flexibility index (Phi) is 3.99. The van der Waals surface area contributed by atoms with Crippen LogP contribution in [0.2, 0.25) is 0 Å². The Hall–Kier alpha value is -2.16. The van der Waals surface area contributed by atoms with E-state index in [0.717, 1.165) is 0 Å². The highest BCUT2D eigenvalue weighted by Gasteiger charge is 2.17. The molecule has 0 radical (unpaired) electrons. The summed E-state index contributed by atoms with van der Waals surface area (Å²) in [5, 5.41) is 11.1. The molecule has 1 rings (SSSR count). The molecule has 0 aliphatic rings. The lowest BCUT2D eigenvalue weighted by Gasteiger charge is -2.19. The van der Waals surface area contributed by atoms with Gasteiger partial charge in [-0.2, -0.15) is 5.26 Å². The largest absolute Gasteiger partial charge is 0.444 e. The molecular formula is C11H14N4O2. The van der Waals surface area contributed by atoms with Crippen molar-refractivity contribution in [2.45, 2.75) is 32.8 Å². The van der Waals surface area contributed by atoms with E-state index in [9.17, 15) is 4.79 Å². The van der Waals surface area contributed by atoms with Crippen LogP contribution in [-0.2, 0) is 11.2 Å². The smallest absolute Gasteiger partial charge is 0.413 e. The minimum absolute atomic E-state index is 0.0823. The Balaban J connectivity index is 2.75. The van der Waals surface area contributed by atoms with Gasteiger partial charge in [-0.05, 0) is 20.8 Å². The normalized spacial score (nSPS) is 10.5. The zero-order valence-corrected chi connectivity index (χ0v) is 10.0. The van der Waals surface area contributed by atoms with Gasteiger partial charge >= 0.3 is 6.09 Å². The van der Waals surface area contributed by atoms with Crippen LogP contribution < -0.4 is 5.32 Å². The molecule has 0 spiro atoms. The number of amides is 1. The number of hydrogen-bond acceptors (Lipinski definition) is 5. The van der Waals surface area contributed by atoms with Crippen LogP contribution in [0.1, 0.15) is 26.5 Å². The summed E-state index contributed by atoms with van der Waals surface area (Å²) in [6.45, 7) is 5.29. The van der Waals surface area contributed by atoms with Crippen molar-refractivity contribution in [2.75, 3.05) is 5.32 Å². The highest BCUT2D eigenvalue weighted by atomic mass is 16.6. The third-order valence-electron chi connectivity index (χ3n) is 1.64. The van der Waals surface area contributed by atoms with Crippen molar-refractivity contribution >= 4 is 11.9 Å². The van der Waals surface area contributed by atoms with E-state index in [-0.39, 0.29) is 12.2 Å². The highest BCUT2D eigenvalue weighted by Crippen LogP contribution is 2.12. The topological polar surface area (TPSA) is 87.9 Å². The molecule has 90 valence electrons. The standard InChI is InChI=1S/C11H14N4O2/c1-11(2,3)17-10(16)15-9-8(4-5-12)13-6-7-14-9/h6-7H,4H2,1-3H3,(H,14,15,16). The fourth-order valence-corrected chi connectivity index (χ4v) is 1.08. The molecule has 0 aromatic carbocycles. The van der Waals surface area contributed by atoms with Gasteiger partial charge in [-0.15, -0.1) is 0 Å². The van der Waals surface area contributed by atoms with Crippen LogP contribution >= 0.6 is 0 Å². The lowest BCUT2D eigenvalue weighted by molar-refractivity contribution is 0.0635. The first-order chi connectivity index (χ1) is 7.92. The molecule has 6 heteroatoms. The van der Waals surface area contributed by atoms with Gasteiger partial charge < -0.3 is 4.74 Å². The number of nitrogens with zero attached hydrogens (tertiary/aromatic N) is 3. The van der Waals surface area contributed by atoms with Crippen molar-refractivity contribution in [3.8, 4) is 6.07 Å². The van der Waals surface area contributed by atoms with Gasteiger partial charge in [0.25, 0.3) is 0 Å². The summed E-state index contributed by atoms with van der Waals surface area (Å²) in [5.41, 5.74) is -0.164. The van der Waals surface area contributed by atoms with E-state index in [4.69, 9.17) is 10.00 Å². The second kappa shape index (κ2) is 5.25. The summed E-state index contributed by atoms with van der Waals surface area (Å²) in [7, 11) is 0. The van der Waals surface area contributed by atoms with Crippen LogP contribution in [0.4, 0.5) is 10.6 Å². The molecule has 0 fully saturated rings. The van der Waals surface area contributed by atoms with E-state index in [1.54, 1.807) is 20.8 Å². The maximum Gasteiger partial charge on any atom is 0.413 e. The number of hydrogen-bond donors (Lipinski definition) is 1. The molecule has 0 aliphatic carbocycles. The number of carbonyl (C=O) groups is 1. The molecule has 0 aliphatic heterocycles. The van der Waals surface area contributed by atoms with Gasteiger partial charge in [-0.1, -0.05) is 0 Å². The molecule has 0 unspecified atom stereocenters. The van der Waals surface area contributed by atoms with E-state index in [1.807, 2.05) is 6.07 Å². The quantitative estimate of drug-likeness (QED) is 0.844. The summed E-state index contributed by atoms with van der Waals surface area (Å²) in [4.78, 5) is 19.4. The summed E-state index contributed by atoms with van der Waals surface area (Å²) < 4.78 is 5.07. The average molecular weight is 234 g/mol. The van der Waals surface area contributed by atoms with Crippen LogP contribution in [-0.4, -0.2) is 21.7 Å². The van der Waals surface area contributed by atoms with E-state index in [2.05, 4.69) is 15.3 Å². The fraction of sp³-hybridized carbons (Fsp3) is 0.455. The number of aromatic nitrogens is 2. The molecule has 1 amide bonds. The van der Waals surface area contributed by atoms with E-state index >= 15 is 0 Å². The Bertz CT molecular complexity index is 446. The van der Waals surface area contributed by atoms with E-state index in [0.29, 0.717) is 5.69 Å². The molecule has 1 aromatic rings. The van der Waals surface area contributed by atoms with Crippen LogP contribution in [0.3, 0.4) is 0 Å². The number of carbonyl (C=O) groups excluding carboxylic acids is 1. The zero-order chi connectivity index (χ0) is 12.9. The fourth-order valence-electron chi connectivity index (χ4n) is 1.08. The molecule has 0 bridgehead atoms. The number of anilines is 1. The first kappa shape index (κ1) is 12.9. The Morgan fingerprint density at radius 2 is 2.12 bits per heavy atom. The maximum absolute atomic E-state index is 11.5. The number of nitriles is 1. The maximum atomic E-state index is 11.5. The van der Waals surface area contributed by atoms with Gasteiger partial charge in [0, 0.05) is 12.4 Å². The Morgan fingerprint density at radius 3 is 2.71 bits per heavy atom. The molecule has 1 N–H and O–H groups in total. The van der Waals surface area contributed by atoms with Crippen LogP contribution in [0.25, 0.3) is 0 Å². The molecule has 0 saturated heterocycles. The molecule has 6 nitrogen and oxygen atoms in total. The number of ether oxygens (including phenoxy) is 1. The average Bonchev–Trinajstić information content (AvgIpc) is 2.18. The van der Waals surface area contributed by atoms with Crippen molar-refractivity contribution in [3.63, 3.8) is 0 Å². The second-order valence-electron chi connectivity index (χ2n) is 4.31.